The Hall–Kier alpha value is -1.17. The lowest BCUT2D eigenvalue weighted by atomic mass is 10.1. The third-order valence-corrected chi connectivity index (χ3v) is 3.51. The number of anilines is 1. The molecule has 2 N–H and O–H groups in total. The van der Waals surface area contributed by atoms with Gasteiger partial charge in [-0.15, -0.1) is 0 Å². The molecule has 1 heterocycles. The second kappa shape index (κ2) is 7.57. The Balaban J connectivity index is 1.76. The van der Waals surface area contributed by atoms with E-state index in [0.717, 1.165) is 22.5 Å². The van der Waals surface area contributed by atoms with E-state index in [0.29, 0.717) is 10.9 Å². The Bertz CT molecular complexity index is 589. The molecule has 0 saturated carbocycles. The molecule has 0 aliphatic carbocycles. The first-order chi connectivity index (χ1) is 9.63. The van der Waals surface area contributed by atoms with Crippen LogP contribution < -0.4 is 10.6 Å². The maximum absolute atomic E-state index is 5.94. The van der Waals surface area contributed by atoms with Gasteiger partial charge in [-0.05, 0) is 64.4 Å². The molecule has 1 aromatic heterocycles. The van der Waals surface area contributed by atoms with Crippen molar-refractivity contribution < 1.29 is 0 Å². The van der Waals surface area contributed by atoms with Crippen molar-refractivity contribution in [3.8, 4) is 0 Å². The fraction of sp³-hybridized carbons (Fsp3) is 0.143. The number of nitrogens with one attached hydrogen (secondary N) is 2. The third kappa shape index (κ3) is 5.07. The summed E-state index contributed by atoms with van der Waals surface area (Å²) in [4.78, 5) is 4.19. The summed E-state index contributed by atoms with van der Waals surface area (Å²) >= 11 is 14.5. The molecule has 6 heteroatoms. The van der Waals surface area contributed by atoms with Gasteiger partial charge >= 0.3 is 0 Å². The number of aromatic nitrogens is 1. The Morgan fingerprint density at radius 1 is 1.30 bits per heavy atom. The molecular formula is C14H13BrClN3S. The van der Waals surface area contributed by atoms with Crippen molar-refractivity contribution in [2.75, 3.05) is 11.9 Å². The van der Waals surface area contributed by atoms with E-state index < -0.39 is 0 Å². The van der Waals surface area contributed by atoms with Gasteiger partial charge in [-0.1, -0.05) is 23.7 Å². The minimum Gasteiger partial charge on any atom is -0.362 e. The lowest BCUT2D eigenvalue weighted by molar-refractivity contribution is 0.873. The van der Waals surface area contributed by atoms with Gasteiger partial charge < -0.3 is 10.6 Å². The number of hydrogen-bond acceptors (Lipinski definition) is 2. The molecule has 0 radical (unpaired) electrons. The molecule has 0 saturated heterocycles. The highest BCUT2D eigenvalue weighted by molar-refractivity contribution is 9.10. The van der Waals surface area contributed by atoms with Crippen LogP contribution >= 0.6 is 39.7 Å². The molecule has 0 bridgehead atoms. The van der Waals surface area contributed by atoms with E-state index in [1.165, 1.54) is 5.56 Å². The lowest BCUT2D eigenvalue weighted by Gasteiger charge is -2.10. The summed E-state index contributed by atoms with van der Waals surface area (Å²) in [7, 11) is 0. The van der Waals surface area contributed by atoms with Crippen LogP contribution in [0.4, 0.5) is 5.82 Å². The van der Waals surface area contributed by atoms with Crippen molar-refractivity contribution in [2.24, 2.45) is 0 Å². The van der Waals surface area contributed by atoms with Crippen molar-refractivity contribution in [1.82, 2.24) is 10.3 Å². The number of pyridine rings is 1. The van der Waals surface area contributed by atoms with Crippen LogP contribution in [0.15, 0.2) is 47.1 Å². The van der Waals surface area contributed by atoms with Gasteiger partial charge in [-0.3, -0.25) is 0 Å². The number of benzene rings is 1. The van der Waals surface area contributed by atoms with Gasteiger partial charge in [0.05, 0.1) is 0 Å². The van der Waals surface area contributed by atoms with E-state index in [-0.39, 0.29) is 0 Å². The fourth-order valence-corrected chi connectivity index (χ4v) is 2.28. The van der Waals surface area contributed by atoms with Crippen LogP contribution in [0.1, 0.15) is 5.56 Å². The summed E-state index contributed by atoms with van der Waals surface area (Å²) in [6.07, 6.45) is 2.58. The molecule has 3 nitrogen and oxygen atoms in total. The molecule has 0 spiro atoms. The average Bonchev–Trinajstić information content (AvgIpc) is 2.41. The summed E-state index contributed by atoms with van der Waals surface area (Å²) in [6, 6.07) is 11.6. The van der Waals surface area contributed by atoms with E-state index >= 15 is 0 Å². The third-order valence-electron chi connectivity index (χ3n) is 2.56. The number of nitrogens with zero attached hydrogens (tertiary/aromatic N) is 1. The van der Waals surface area contributed by atoms with Gasteiger partial charge in [0.15, 0.2) is 5.11 Å². The van der Waals surface area contributed by atoms with Crippen molar-refractivity contribution in [2.45, 2.75) is 6.42 Å². The highest BCUT2D eigenvalue weighted by atomic mass is 79.9. The van der Waals surface area contributed by atoms with Crippen molar-refractivity contribution in [3.63, 3.8) is 0 Å². The molecule has 0 aliphatic rings. The van der Waals surface area contributed by atoms with E-state index in [2.05, 4.69) is 31.5 Å². The van der Waals surface area contributed by atoms with Gasteiger partial charge in [-0.25, -0.2) is 4.98 Å². The first-order valence-corrected chi connectivity index (χ1v) is 7.62. The molecule has 0 amide bonds. The maximum atomic E-state index is 5.94. The van der Waals surface area contributed by atoms with Crippen LogP contribution in [0, 0.1) is 0 Å². The molecule has 0 atom stereocenters. The second-order valence-electron chi connectivity index (χ2n) is 4.12. The SMILES string of the molecule is S=C(NCCc1cccc(Cl)c1)Nc1ccc(Br)cn1. The zero-order valence-corrected chi connectivity index (χ0v) is 13.7. The first kappa shape index (κ1) is 15.2. The Morgan fingerprint density at radius 2 is 2.15 bits per heavy atom. The van der Waals surface area contributed by atoms with E-state index in [1.54, 1.807) is 6.20 Å². The fourth-order valence-electron chi connectivity index (χ4n) is 1.62. The Labute approximate surface area is 136 Å². The van der Waals surface area contributed by atoms with Crippen LogP contribution in [0.3, 0.4) is 0 Å². The lowest BCUT2D eigenvalue weighted by Crippen LogP contribution is -2.30. The zero-order valence-electron chi connectivity index (χ0n) is 10.6. The standard InChI is InChI=1S/C14H13BrClN3S/c15-11-4-5-13(18-9-11)19-14(20)17-7-6-10-2-1-3-12(16)8-10/h1-5,8-9H,6-7H2,(H2,17,18,19,20). The minimum atomic E-state index is 0.557. The largest absolute Gasteiger partial charge is 0.362 e. The highest BCUT2D eigenvalue weighted by Crippen LogP contribution is 2.11. The predicted octanol–water partition coefficient (Wildman–Crippen LogP) is 4.03. The molecule has 20 heavy (non-hydrogen) atoms. The number of rotatable bonds is 4. The molecular weight excluding hydrogens is 358 g/mol. The molecule has 0 fully saturated rings. The zero-order chi connectivity index (χ0) is 14.4. The Morgan fingerprint density at radius 3 is 2.85 bits per heavy atom. The van der Waals surface area contributed by atoms with E-state index in [9.17, 15) is 0 Å². The van der Waals surface area contributed by atoms with Crippen LogP contribution in [-0.2, 0) is 6.42 Å². The molecule has 104 valence electrons. The summed E-state index contributed by atoms with van der Waals surface area (Å²) in [5.41, 5.74) is 1.18. The molecule has 0 aliphatic heterocycles. The van der Waals surface area contributed by atoms with Gasteiger partial charge in [0, 0.05) is 22.2 Å². The summed E-state index contributed by atoms with van der Waals surface area (Å²) in [5.74, 6) is 0.716. The smallest absolute Gasteiger partial charge is 0.171 e. The van der Waals surface area contributed by atoms with Crippen molar-refractivity contribution in [3.05, 3.63) is 57.7 Å². The van der Waals surface area contributed by atoms with Crippen molar-refractivity contribution >= 4 is 50.7 Å². The highest BCUT2D eigenvalue weighted by Gasteiger charge is 1.99. The van der Waals surface area contributed by atoms with Crippen LogP contribution in [0.25, 0.3) is 0 Å². The molecule has 2 rings (SSSR count). The van der Waals surface area contributed by atoms with Crippen LogP contribution in [0.5, 0.6) is 0 Å². The van der Waals surface area contributed by atoms with Crippen LogP contribution in [-0.4, -0.2) is 16.6 Å². The van der Waals surface area contributed by atoms with Crippen LogP contribution in [0.2, 0.25) is 5.02 Å². The second-order valence-corrected chi connectivity index (χ2v) is 5.88. The number of hydrogen-bond donors (Lipinski definition) is 2. The number of halogens is 2. The molecule has 2 aromatic rings. The maximum Gasteiger partial charge on any atom is 0.171 e. The Kier molecular flexibility index (Phi) is 5.76. The topological polar surface area (TPSA) is 37.0 Å². The van der Waals surface area contributed by atoms with Gasteiger partial charge in [-0.2, -0.15) is 0 Å². The first-order valence-electron chi connectivity index (χ1n) is 6.04. The number of thiocarbonyl (C=S) groups is 1. The minimum absolute atomic E-state index is 0.557. The monoisotopic (exact) mass is 369 g/mol. The summed E-state index contributed by atoms with van der Waals surface area (Å²) < 4.78 is 0.933. The normalized spacial score (nSPS) is 10.1. The predicted molar refractivity (Wildman–Crippen MR) is 91.3 cm³/mol. The van der Waals surface area contributed by atoms with Gasteiger partial charge in [0.2, 0.25) is 0 Å². The average molecular weight is 371 g/mol. The molecule has 0 unspecified atom stereocenters. The quantitative estimate of drug-likeness (QED) is 0.797. The van der Waals surface area contributed by atoms with Crippen molar-refractivity contribution in [1.29, 1.82) is 0 Å². The van der Waals surface area contributed by atoms with Gasteiger partial charge in [0.25, 0.3) is 0 Å². The van der Waals surface area contributed by atoms with E-state index in [1.807, 2.05) is 36.4 Å². The van der Waals surface area contributed by atoms with E-state index in [4.69, 9.17) is 23.8 Å². The molecule has 1 aromatic carbocycles. The summed E-state index contributed by atoms with van der Waals surface area (Å²) in [6.45, 7) is 0.739. The van der Waals surface area contributed by atoms with Gasteiger partial charge in [0.1, 0.15) is 5.82 Å². The summed E-state index contributed by atoms with van der Waals surface area (Å²) in [5, 5.41) is 7.48.